The van der Waals surface area contributed by atoms with Gasteiger partial charge in [-0.2, -0.15) is 0 Å². The molecule has 0 unspecified atom stereocenters. The highest BCUT2D eigenvalue weighted by Crippen LogP contribution is 2.41. The lowest BCUT2D eigenvalue weighted by Crippen LogP contribution is -2.13. The average molecular weight is 222 g/mol. The third kappa shape index (κ3) is 2.36. The van der Waals surface area contributed by atoms with Gasteiger partial charge in [0.2, 0.25) is 0 Å². The molecule has 1 aromatic rings. The molecule has 88 valence electrons. The van der Waals surface area contributed by atoms with Gasteiger partial charge in [-0.05, 0) is 24.5 Å². The molecule has 0 amide bonds. The Morgan fingerprint density at radius 3 is 2.62 bits per heavy atom. The lowest BCUT2D eigenvalue weighted by atomic mass is 9.99. The summed E-state index contributed by atoms with van der Waals surface area (Å²) >= 11 is 0. The highest BCUT2D eigenvalue weighted by atomic mass is 16.5. The highest BCUT2D eigenvalue weighted by molar-refractivity contribution is 5.41. The Hall–Kier alpha value is -1.06. The molecule has 1 aliphatic rings. The number of aliphatic hydroxyl groups is 1. The first kappa shape index (κ1) is 11.4. The van der Waals surface area contributed by atoms with Crippen LogP contribution >= 0.6 is 0 Å². The summed E-state index contributed by atoms with van der Waals surface area (Å²) in [5.41, 5.74) is 1.67. The van der Waals surface area contributed by atoms with Crippen LogP contribution in [0.25, 0.3) is 0 Å². The van der Waals surface area contributed by atoms with Crippen molar-refractivity contribution in [1.82, 2.24) is 0 Å². The van der Waals surface area contributed by atoms with Gasteiger partial charge in [0.1, 0.15) is 5.75 Å². The minimum absolute atomic E-state index is 0.503. The zero-order chi connectivity index (χ0) is 11.6. The molecule has 0 radical (unpaired) electrons. The van der Waals surface area contributed by atoms with Crippen molar-refractivity contribution >= 4 is 0 Å². The molecule has 1 saturated carbocycles. The Bertz CT molecular complexity index is 369. The second kappa shape index (κ2) is 4.44. The predicted octanol–water partition coefficient (Wildman–Crippen LogP) is 1.91. The van der Waals surface area contributed by atoms with E-state index in [-0.39, 0.29) is 0 Å². The first-order valence-electron chi connectivity index (χ1n) is 5.54. The fourth-order valence-electron chi connectivity index (χ4n) is 1.94. The van der Waals surface area contributed by atoms with Crippen LogP contribution in [0.5, 0.6) is 5.75 Å². The fourth-order valence-corrected chi connectivity index (χ4v) is 1.94. The van der Waals surface area contributed by atoms with Crippen molar-refractivity contribution in [3.8, 4) is 5.75 Å². The Morgan fingerprint density at radius 2 is 2.06 bits per heavy atom. The average Bonchev–Trinajstić information content (AvgIpc) is 2.99. The molecular formula is C13H18O3. The Kier molecular flexibility index (Phi) is 3.17. The molecule has 16 heavy (non-hydrogen) atoms. The molecule has 0 aliphatic heterocycles. The maximum Gasteiger partial charge on any atom is 0.122 e. The summed E-state index contributed by atoms with van der Waals surface area (Å²) in [5, 5.41) is 10.00. The largest absolute Gasteiger partial charge is 0.496 e. The zero-order valence-corrected chi connectivity index (χ0v) is 9.82. The normalized spacial score (nSPS) is 17.2. The topological polar surface area (TPSA) is 38.7 Å². The van der Waals surface area contributed by atoms with E-state index in [1.807, 2.05) is 18.2 Å². The van der Waals surface area contributed by atoms with E-state index >= 15 is 0 Å². The molecule has 1 N–H and O–H groups in total. The second-order valence-electron chi connectivity index (χ2n) is 4.43. The van der Waals surface area contributed by atoms with Crippen LogP contribution in [0.1, 0.15) is 24.0 Å². The van der Waals surface area contributed by atoms with Crippen LogP contribution in [0.4, 0.5) is 0 Å². The molecule has 2 rings (SSSR count). The van der Waals surface area contributed by atoms with Crippen LogP contribution in [-0.4, -0.2) is 24.9 Å². The van der Waals surface area contributed by atoms with E-state index in [1.165, 1.54) is 0 Å². The summed E-state index contributed by atoms with van der Waals surface area (Å²) < 4.78 is 10.5. The summed E-state index contributed by atoms with van der Waals surface area (Å²) in [6.07, 6.45) is 2.44. The zero-order valence-electron chi connectivity index (χ0n) is 9.82. The van der Waals surface area contributed by atoms with Crippen LogP contribution in [0.2, 0.25) is 0 Å². The Balaban J connectivity index is 2.29. The Morgan fingerprint density at radius 1 is 1.31 bits per heavy atom. The van der Waals surface area contributed by atoms with Crippen molar-refractivity contribution in [2.24, 2.45) is 0 Å². The maximum atomic E-state index is 10.00. The van der Waals surface area contributed by atoms with Gasteiger partial charge >= 0.3 is 0 Å². The van der Waals surface area contributed by atoms with Crippen molar-refractivity contribution in [1.29, 1.82) is 0 Å². The van der Waals surface area contributed by atoms with Gasteiger partial charge in [-0.1, -0.05) is 12.1 Å². The summed E-state index contributed by atoms with van der Waals surface area (Å²) in [7, 11) is 3.33. The molecule has 0 atom stereocenters. The van der Waals surface area contributed by atoms with Crippen LogP contribution in [-0.2, 0) is 17.8 Å². The van der Waals surface area contributed by atoms with Gasteiger partial charge in [0, 0.05) is 19.1 Å². The lowest BCUT2D eigenvalue weighted by Gasteiger charge is -2.16. The van der Waals surface area contributed by atoms with Crippen LogP contribution in [0.3, 0.4) is 0 Å². The molecule has 0 heterocycles. The van der Waals surface area contributed by atoms with E-state index in [2.05, 4.69) is 0 Å². The molecule has 0 aromatic heterocycles. The molecule has 1 fully saturated rings. The predicted molar refractivity (Wildman–Crippen MR) is 61.6 cm³/mol. The molecule has 0 bridgehead atoms. The highest BCUT2D eigenvalue weighted by Gasteiger charge is 2.41. The third-order valence-electron chi connectivity index (χ3n) is 3.08. The smallest absolute Gasteiger partial charge is 0.122 e. The number of methoxy groups -OCH3 is 2. The van der Waals surface area contributed by atoms with Gasteiger partial charge < -0.3 is 14.6 Å². The van der Waals surface area contributed by atoms with Gasteiger partial charge in [-0.15, -0.1) is 0 Å². The van der Waals surface area contributed by atoms with E-state index < -0.39 is 5.60 Å². The van der Waals surface area contributed by atoms with Crippen molar-refractivity contribution < 1.29 is 14.6 Å². The number of rotatable bonds is 5. The number of ether oxygens (including phenoxy) is 2. The lowest BCUT2D eigenvalue weighted by molar-refractivity contribution is 0.147. The molecule has 1 aromatic carbocycles. The van der Waals surface area contributed by atoms with Crippen LogP contribution < -0.4 is 4.74 Å². The molecule has 3 nitrogen and oxygen atoms in total. The fraction of sp³-hybridized carbons (Fsp3) is 0.538. The first-order valence-corrected chi connectivity index (χ1v) is 5.54. The quantitative estimate of drug-likeness (QED) is 0.827. The SMILES string of the molecule is COCc1cccc(OC)c1CC1(O)CC1. The van der Waals surface area contributed by atoms with E-state index in [4.69, 9.17) is 9.47 Å². The van der Waals surface area contributed by atoms with Gasteiger partial charge in [0.25, 0.3) is 0 Å². The first-order chi connectivity index (χ1) is 7.68. The van der Waals surface area contributed by atoms with E-state index in [0.29, 0.717) is 13.0 Å². The molecule has 1 aliphatic carbocycles. The van der Waals surface area contributed by atoms with Crippen molar-refractivity contribution in [2.75, 3.05) is 14.2 Å². The standard InChI is InChI=1S/C13H18O3/c1-15-9-10-4-3-5-12(16-2)11(10)8-13(14)6-7-13/h3-5,14H,6-9H2,1-2H3. The minimum Gasteiger partial charge on any atom is -0.496 e. The summed E-state index contributed by atoms with van der Waals surface area (Å²) in [6, 6.07) is 5.90. The van der Waals surface area contributed by atoms with Crippen LogP contribution in [0, 0.1) is 0 Å². The van der Waals surface area contributed by atoms with E-state index in [1.54, 1.807) is 14.2 Å². The summed E-state index contributed by atoms with van der Waals surface area (Å²) in [5.74, 6) is 0.842. The van der Waals surface area contributed by atoms with Gasteiger partial charge in [-0.25, -0.2) is 0 Å². The minimum atomic E-state index is -0.503. The Labute approximate surface area is 96.0 Å². The molecule has 3 heteroatoms. The summed E-state index contributed by atoms with van der Waals surface area (Å²) in [6.45, 7) is 0.558. The second-order valence-corrected chi connectivity index (χ2v) is 4.43. The third-order valence-corrected chi connectivity index (χ3v) is 3.08. The van der Waals surface area contributed by atoms with Crippen molar-refractivity contribution in [2.45, 2.75) is 31.5 Å². The van der Waals surface area contributed by atoms with Gasteiger partial charge in [-0.3, -0.25) is 0 Å². The van der Waals surface area contributed by atoms with Crippen molar-refractivity contribution in [3.05, 3.63) is 29.3 Å². The maximum absolute atomic E-state index is 10.00. The van der Waals surface area contributed by atoms with Crippen LogP contribution in [0.15, 0.2) is 18.2 Å². The number of hydrogen-bond acceptors (Lipinski definition) is 3. The van der Waals surface area contributed by atoms with Crippen molar-refractivity contribution in [3.63, 3.8) is 0 Å². The molecule has 0 saturated heterocycles. The van der Waals surface area contributed by atoms with Gasteiger partial charge in [0.15, 0.2) is 0 Å². The van der Waals surface area contributed by atoms with E-state index in [9.17, 15) is 5.11 Å². The van der Waals surface area contributed by atoms with Gasteiger partial charge in [0.05, 0.1) is 19.3 Å². The number of hydrogen-bond donors (Lipinski definition) is 1. The monoisotopic (exact) mass is 222 g/mol. The molecular weight excluding hydrogens is 204 g/mol. The summed E-state index contributed by atoms with van der Waals surface area (Å²) in [4.78, 5) is 0. The molecule has 0 spiro atoms. The van der Waals surface area contributed by atoms with E-state index in [0.717, 1.165) is 29.7 Å². The number of benzene rings is 1.